The van der Waals surface area contributed by atoms with E-state index in [-0.39, 0.29) is 0 Å². The molecule has 0 radical (unpaired) electrons. The fraction of sp³-hybridized carbons (Fsp3) is 0.0500. The molecule has 0 fully saturated rings. The van der Waals surface area contributed by atoms with Crippen LogP contribution in [-0.4, -0.2) is 12.8 Å². The van der Waals surface area contributed by atoms with Crippen molar-refractivity contribution < 1.29 is 0 Å². The first kappa shape index (κ1) is 15.3. The van der Waals surface area contributed by atoms with Crippen LogP contribution in [0.1, 0.15) is 11.1 Å². The minimum Gasteiger partial charge on any atom is -0.399 e. The van der Waals surface area contributed by atoms with Gasteiger partial charge >= 0.3 is 0 Å². The van der Waals surface area contributed by atoms with E-state index in [0.29, 0.717) is 0 Å². The molecule has 0 aromatic heterocycles. The molecule has 0 amide bonds. The van der Waals surface area contributed by atoms with Crippen LogP contribution in [0.5, 0.6) is 0 Å². The molecule has 2 aromatic rings. The molecule has 114 valence electrons. The second-order valence-corrected chi connectivity index (χ2v) is 5.65. The van der Waals surface area contributed by atoms with Crippen LogP contribution in [0, 0.1) is 0 Å². The number of rotatable bonds is 2. The molecule has 2 N–H and O–H groups in total. The zero-order valence-corrected chi connectivity index (χ0v) is 13.6. The van der Waals surface area contributed by atoms with Gasteiger partial charge in [-0.15, -0.1) is 0 Å². The Morgan fingerprint density at radius 1 is 0.913 bits per heavy atom. The second kappa shape index (κ2) is 6.67. The van der Waals surface area contributed by atoms with Gasteiger partial charge in [-0.3, -0.25) is 4.99 Å². The van der Waals surface area contributed by atoms with Crippen molar-refractivity contribution in [3.8, 4) is 0 Å². The minimum atomic E-state index is 0.726. The van der Waals surface area contributed by atoms with Gasteiger partial charge in [-0.1, -0.05) is 54.1 Å². The van der Waals surface area contributed by atoms with E-state index in [1.807, 2.05) is 60.7 Å². The van der Waals surface area contributed by atoms with Gasteiger partial charge in [-0.05, 0) is 47.1 Å². The van der Waals surface area contributed by atoms with Gasteiger partial charge < -0.3 is 5.73 Å². The molecule has 0 bridgehead atoms. The minimum absolute atomic E-state index is 0.726. The molecule has 0 atom stereocenters. The molecule has 0 heterocycles. The Balaban J connectivity index is 2.22. The largest absolute Gasteiger partial charge is 0.399 e. The molecule has 0 aliphatic heterocycles. The Bertz CT molecular complexity index is 822. The maximum atomic E-state index is 6.44. The number of nitrogens with two attached hydrogens (primary N) is 1. The highest BCUT2D eigenvalue weighted by Crippen LogP contribution is 2.34. The molecule has 0 saturated carbocycles. The molecule has 23 heavy (non-hydrogen) atoms. The molecule has 2 aromatic carbocycles. The lowest BCUT2D eigenvalue weighted by atomic mass is 9.90. The second-order valence-electron chi connectivity index (χ2n) is 5.25. The summed E-state index contributed by atoms with van der Waals surface area (Å²) in [6.07, 6.45) is 8.14. The van der Waals surface area contributed by atoms with E-state index in [2.05, 4.69) is 17.1 Å². The number of nitrogens with zero attached hydrogens (tertiary/aromatic N) is 1. The average Bonchev–Trinajstić information content (AvgIpc) is 2.59. The summed E-state index contributed by atoms with van der Waals surface area (Å²) in [5.74, 6) is 0. The number of nitrogen functional groups attached to an aromatic ring is 1. The summed E-state index contributed by atoms with van der Waals surface area (Å²) >= 11 is 6.44. The standard InChI is InChI=1S/C20H17ClN2/c1-23-17-12-8-15(9-13-17)20(14-6-10-16(22)11-7-14)18-4-2-3-5-19(18)21/h2-13H,22H2,1H3. The van der Waals surface area contributed by atoms with E-state index in [4.69, 9.17) is 17.3 Å². The Kier molecular flexibility index (Phi) is 4.45. The Morgan fingerprint density at radius 2 is 1.57 bits per heavy atom. The number of allylic oxidation sites excluding steroid dienone is 5. The van der Waals surface area contributed by atoms with Crippen LogP contribution in [0.15, 0.2) is 83.4 Å². The summed E-state index contributed by atoms with van der Waals surface area (Å²) < 4.78 is 0. The van der Waals surface area contributed by atoms with Gasteiger partial charge in [0.2, 0.25) is 0 Å². The SMILES string of the molecule is CN=C1C=CC(=C(c2ccc(N)cc2)c2ccccc2Cl)C=C1. The molecule has 3 heteroatoms. The van der Waals surface area contributed by atoms with Crippen molar-refractivity contribution in [3.63, 3.8) is 0 Å². The summed E-state index contributed by atoms with van der Waals surface area (Å²) in [7, 11) is 1.79. The third-order valence-corrected chi connectivity index (χ3v) is 4.09. The van der Waals surface area contributed by atoms with Gasteiger partial charge in [-0.2, -0.15) is 0 Å². The van der Waals surface area contributed by atoms with E-state index in [1.54, 1.807) is 7.05 Å². The van der Waals surface area contributed by atoms with Crippen LogP contribution in [-0.2, 0) is 0 Å². The average molecular weight is 321 g/mol. The first-order valence-electron chi connectivity index (χ1n) is 7.37. The van der Waals surface area contributed by atoms with Crippen molar-refractivity contribution >= 4 is 28.6 Å². The Labute approximate surface area is 141 Å². The number of hydrogen-bond donors (Lipinski definition) is 1. The van der Waals surface area contributed by atoms with Gasteiger partial charge in [0.05, 0.1) is 5.71 Å². The van der Waals surface area contributed by atoms with Crippen LogP contribution >= 0.6 is 11.6 Å². The van der Waals surface area contributed by atoms with Crippen LogP contribution in [0.2, 0.25) is 5.02 Å². The highest BCUT2D eigenvalue weighted by Gasteiger charge is 2.13. The van der Waals surface area contributed by atoms with Gasteiger partial charge in [0.1, 0.15) is 0 Å². The van der Waals surface area contributed by atoms with Gasteiger partial charge in [-0.25, -0.2) is 0 Å². The third-order valence-electron chi connectivity index (χ3n) is 3.76. The van der Waals surface area contributed by atoms with Crippen molar-refractivity contribution in [1.29, 1.82) is 0 Å². The Hall–Kier alpha value is -2.58. The fourth-order valence-electron chi connectivity index (χ4n) is 2.57. The van der Waals surface area contributed by atoms with Crippen molar-refractivity contribution in [1.82, 2.24) is 0 Å². The van der Waals surface area contributed by atoms with Crippen LogP contribution < -0.4 is 5.73 Å². The smallest absolute Gasteiger partial charge is 0.0571 e. The van der Waals surface area contributed by atoms with Gasteiger partial charge in [0.15, 0.2) is 0 Å². The number of hydrogen-bond acceptors (Lipinski definition) is 2. The van der Waals surface area contributed by atoms with Crippen molar-refractivity contribution in [2.45, 2.75) is 0 Å². The molecule has 0 saturated heterocycles. The van der Waals surface area contributed by atoms with Crippen LogP contribution in [0.25, 0.3) is 5.57 Å². The summed E-state index contributed by atoms with van der Waals surface area (Å²) in [5, 5.41) is 0.726. The molecule has 1 aliphatic carbocycles. The molecule has 3 rings (SSSR count). The predicted molar refractivity (Wildman–Crippen MR) is 100.0 cm³/mol. The van der Waals surface area contributed by atoms with Crippen molar-refractivity contribution in [3.05, 3.63) is 94.6 Å². The molecular formula is C20H17ClN2. The first-order valence-corrected chi connectivity index (χ1v) is 7.75. The van der Waals surface area contributed by atoms with Crippen LogP contribution in [0.3, 0.4) is 0 Å². The molecule has 1 aliphatic rings. The quantitative estimate of drug-likeness (QED) is 0.783. The number of anilines is 1. The summed E-state index contributed by atoms with van der Waals surface area (Å²) in [5.41, 5.74) is 11.8. The van der Waals surface area contributed by atoms with E-state index in [9.17, 15) is 0 Å². The van der Waals surface area contributed by atoms with Gasteiger partial charge in [0.25, 0.3) is 0 Å². The number of aliphatic imine (C=N–C) groups is 1. The predicted octanol–water partition coefficient (Wildman–Crippen LogP) is 4.92. The molecular weight excluding hydrogens is 304 g/mol. The monoisotopic (exact) mass is 320 g/mol. The summed E-state index contributed by atoms with van der Waals surface area (Å²) in [6, 6.07) is 15.7. The normalized spacial score (nSPS) is 13.3. The number of halogens is 1. The fourth-order valence-corrected chi connectivity index (χ4v) is 2.80. The van der Waals surface area contributed by atoms with E-state index >= 15 is 0 Å². The van der Waals surface area contributed by atoms with Crippen molar-refractivity contribution in [2.24, 2.45) is 4.99 Å². The summed E-state index contributed by atoms with van der Waals surface area (Å²) in [4.78, 5) is 4.19. The van der Waals surface area contributed by atoms with E-state index < -0.39 is 0 Å². The lowest BCUT2D eigenvalue weighted by Crippen LogP contribution is -1.98. The first-order chi connectivity index (χ1) is 11.2. The third kappa shape index (κ3) is 3.27. The zero-order chi connectivity index (χ0) is 16.2. The van der Waals surface area contributed by atoms with Gasteiger partial charge in [0, 0.05) is 23.3 Å². The lowest BCUT2D eigenvalue weighted by Gasteiger charge is -2.15. The van der Waals surface area contributed by atoms with E-state index in [1.165, 1.54) is 0 Å². The van der Waals surface area contributed by atoms with E-state index in [0.717, 1.165) is 38.7 Å². The van der Waals surface area contributed by atoms with Crippen LogP contribution in [0.4, 0.5) is 5.69 Å². The van der Waals surface area contributed by atoms with Crippen molar-refractivity contribution in [2.75, 3.05) is 12.8 Å². The number of benzene rings is 2. The maximum absolute atomic E-state index is 6.44. The molecule has 2 nitrogen and oxygen atoms in total. The highest BCUT2D eigenvalue weighted by molar-refractivity contribution is 6.32. The lowest BCUT2D eigenvalue weighted by molar-refractivity contribution is 1.44. The molecule has 0 unspecified atom stereocenters. The highest BCUT2D eigenvalue weighted by atomic mass is 35.5. The summed E-state index contributed by atoms with van der Waals surface area (Å²) in [6.45, 7) is 0. The maximum Gasteiger partial charge on any atom is 0.0571 e. The molecule has 0 spiro atoms. The Morgan fingerprint density at radius 3 is 2.17 bits per heavy atom. The zero-order valence-electron chi connectivity index (χ0n) is 12.8. The topological polar surface area (TPSA) is 38.4 Å².